The molecule has 4 atom stereocenters. The molecule has 140 valence electrons. The van der Waals surface area contributed by atoms with Crippen molar-refractivity contribution in [1.29, 1.82) is 0 Å². The van der Waals surface area contributed by atoms with E-state index in [9.17, 15) is 9.59 Å². The number of aliphatic carboxylic acids is 1. The van der Waals surface area contributed by atoms with E-state index in [0.717, 1.165) is 38.6 Å². The molecule has 0 aromatic rings. The number of carbonyl (C=O) groups excluding carboxylic acids is 1. The highest BCUT2D eigenvalue weighted by molar-refractivity contribution is 5.89. The number of hydrogen-bond donors (Lipinski definition) is 2. The normalized spacial score (nSPS) is 28.2. The van der Waals surface area contributed by atoms with Crippen molar-refractivity contribution in [2.24, 2.45) is 11.8 Å². The summed E-state index contributed by atoms with van der Waals surface area (Å²) >= 11 is 0. The van der Waals surface area contributed by atoms with Crippen LogP contribution < -0.4 is 5.32 Å². The van der Waals surface area contributed by atoms with Gasteiger partial charge in [-0.05, 0) is 56.7 Å². The first kappa shape index (κ1) is 19.7. The third-order valence-electron chi connectivity index (χ3n) is 5.16. The molecule has 2 heterocycles. The molecule has 2 rings (SSSR count). The smallest absolute Gasteiger partial charge is 0.303 e. The summed E-state index contributed by atoms with van der Waals surface area (Å²) in [5.74, 6) is 0.432. The number of allylic oxidation sites excluding steroid dienone is 3. The monoisotopic (exact) mass is 349 g/mol. The molecule has 0 aromatic heterocycles. The molecule has 0 unspecified atom stereocenters. The van der Waals surface area contributed by atoms with Gasteiger partial charge in [0.25, 0.3) is 0 Å². The summed E-state index contributed by atoms with van der Waals surface area (Å²) < 4.78 is 6.08. The number of carboxylic acids is 1. The summed E-state index contributed by atoms with van der Waals surface area (Å²) in [6.07, 6.45) is 14.9. The van der Waals surface area contributed by atoms with Crippen LogP contribution in [0.1, 0.15) is 58.3 Å². The maximum atomic E-state index is 11.5. The quantitative estimate of drug-likeness (QED) is 0.321. The minimum atomic E-state index is -0.730. The van der Waals surface area contributed by atoms with Crippen LogP contribution in [0.2, 0.25) is 0 Å². The molecule has 2 N–H and O–H groups in total. The second-order valence-electron chi connectivity index (χ2n) is 7.07. The van der Waals surface area contributed by atoms with Crippen LogP contribution >= 0.6 is 0 Å². The molecule has 0 radical (unpaired) electrons. The minimum Gasteiger partial charge on any atom is -0.481 e. The molecule has 0 aliphatic carbocycles. The fourth-order valence-electron chi connectivity index (χ4n) is 3.91. The lowest BCUT2D eigenvalue weighted by atomic mass is 9.77. The molecular weight excluding hydrogens is 318 g/mol. The summed E-state index contributed by atoms with van der Waals surface area (Å²) in [6, 6.07) is 0. The molecule has 2 saturated heterocycles. The van der Waals surface area contributed by atoms with Gasteiger partial charge in [-0.15, -0.1) is 0 Å². The Balaban J connectivity index is 1.73. The number of ether oxygens (including phenoxy) is 1. The number of carboxylic acid groups (broad SMARTS) is 1. The predicted molar refractivity (Wildman–Crippen MR) is 97.2 cm³/mol. The van der Waals surface area contributed by atoms with Crippen molar-refractivity contribution in [3.63, 3.8) is 0 Å². The highest BCUT2D eigenvalue weighted by atomic mass is 16.5. The summed E-state index contributed by atoms with van der Waals surface area (Å²) in [5, 5.41) is 11.9. The molecule has 0 saturated carbocycles. The van der Waals surface area contributed by atoms with Gasteiger partial charge in [-0.2, -0.15) is 0 Å². The standard InChI is InChI=1S/C20H31NO4/c1-2-7-15(22)12-13-21-14-17-16(18-10-11-19(17)25-18)8-5-3-4-6-9-20(23)24/h3,5,12-13,16-19,21H,2,4,6-11,14H2,1H3,(H,23,24)/b5-3-,13-12+/t16-,17+,18-,19-/m0/s1. The highest BCUT2D eigenvalue weighted by Gasteiger charge is 2.47. The number of nitrogens with one attached hydrogen (secondary N) is 1. The molecule has 2 bridgehead atoms. The average Bonchev–Trinajstić information content (AvgIpc) is 3.16. The van der Waals surface area contributed by atoms with Crippen LogP contribution in [0.15, 0.2) is 24.4 Å². The zero-order valence-corrected chi connectivity index (χ0v) is 15.2. The summed E-state index contributed by atoms with van der Waals surface area (Å²) in [5.41, 5.74) is 0. The van der Waals surface area contributed by atoms with E-state index >= 15 is 0 Å². The molecule has 5 nitrogen and oxygen atoms in total. The van der Waals surface area contributed by atoms with Gasteiger partial charge in [0.15, 0.2) is 5.78 Å². The lowest BCUT2D eigenvalue weighted by molar-refractivity contribution is -0.137. The van der Waals surface area contributed by atoms with Gasteiger partial charge in [0.1, 0.15) is 0 Å². The van der Waals surface area contributed by atoms with Crippen LogP contribution in [0.3, 0.4) is 0 Å². The molecule has 2 aliphatic rings. The maximum Gasteiger partial charge on any atom is 0.303 e. The molecule has 0 spiro atoms. The molecule has 0 amide bonds. The molecule has 5 heteroatoms. The Morgan fingerprint density at radius 1 is 1.16 bits per heavy atom. The summed E-state index contributed by atoms with van der Waals surface area (Å²) in [6.45, 7) is 2.85. The molecule has 2 aliphatic heterocycles. The van der Waals surface area contributed by atoms with E-state index < -0.39 is 5.97 Å². The van der Waals surface area contributed by atoms with Crippen molar-refractivity contribution in [1.82, 2.24) is 5.32 Å². The Bertz CT molecular complexity index is 500. The second kappa shape index (κ2) is 10.4. The van der Waals surface area contributed by atoms with Crippen molar-refractivity contribution >= 4 is 11.8 Å². The number of ketones is 1. The molecular formula is C20H31NO4. The Labute approximate surface area is 150 Å². The van der Waals surface area contributed by atoms with E-state index in [0.29, 0.717) is 36.9 Å². The lowest BCUT2D eigenvalue weighted by Crippen LogP contribution is -2.33. The molecule has 25 heavy (non-hydrogen) atoms. The molecule has 2 fully saturated rings. The first-order chi connectivity index (χ1) is 12.1. The fourth-order valence-corrected chi connectivity index (χ4v) is 3.91. The predicted octanol–water partition coefficient (Wildman–Crippen LogP) is 3.45. The summed E-state index contributed by atoms with van der Waals surface area (Å²) in [4.78, 5) is 22.0. The zero-order valence-electron chi connectivity index (χ0n) is 15.2. The van der Waals surface area contributed by atoms with Crippen molar-refractivity contribution in [2.75, 3.05) is 6.54 Å². The first-order valence-corrected chi connectivity index (χ1v) is 9.56. The third-order valence-corrected chi connectivity index (χ3v) is 5.16. The van der Waals surface area contributed by atoms with E-state index in [1.165, 1.54) is 0 Å². The Kier molecular flexibility index (Phi) is 8.19. The van der Waals surface area contributed by atoms with Gasteiger partial charge < -0.3 is 15.2 Å². The van der Waals surface area contributed by atoms with E-state index in [-0.39, 0.29) is 12.2 Å². The van der Waals surface area contributed by atoms with Gasteiger partial charge in [0.05, 0.1) is 12.2 Å². The van der Waals surface area contributed by atoms with Crippen LogP contribution in [0, 0.1) is 11.8 Å². The third kappa shape index (κ3) is 6.31. The van der Waals surface area contributed by atoms with Crippen molar-refractivity contribution < 1.29 is 19.4 Å². The highest BCUT2D eigenvalue weighted by Crippen LogP contribution is 2.44. The van der Waals surface area contributed by atoms with Gasteiger partial charge in [0, 0.05) is 25.3 Å². The molecule has 0 aromatic carbocycles. The largest absolute Gasteiger partial charge is 0.481 e. The van der Waals surface area contributed by atoms with Gasteiger partial charge in [-0.25, -0.2) is 0 Å². The van der Waals surface area contributed by atoms with Crippen LogP contribution in [0.4, 0.5) is 0 Å². The van der Waals surface area contributed by atoms with Gasteiger partial charge in [-0.3, -0.25) is 9.59 Å². The fraction of sp³-hybridized carbons (Fsp3) is 0.700. The first-order valence-electron chi connectivity index (χ1n) is 9.56. The van der Waals surface area contributed by atoms with E-state index in [1.54, 1.807) is 12.3 Å². The van der Waals surface area contributed by atoms with Crippen LogP contribution in [-0.2, 0) is 14.3 Å². The topological polar surface area (TPSA) is 75.6 Å². The SMILES string of the molecule is CCCC(=O)/C=C/NC[C@@H]1[C@H](C/C=C\CCCC(=O)O)[C@@H]2CC[C@@H]1O2. The van der Waals surface area contributed by atoms with Gasteiger partial charge in [-0.1, -0.05) is 19.1 Å². The van der Waals surface area contributed by atoms with Gasteiger partial charge in [0.2, 0.25) is 0 Å². The van der Waals surface area contributed by atoms with Crippen LogP contribution in [0.25, 0.3) is 0 Å². The van der Waals surface area contributed by atoms with Crippen LogP contribution in [-0.4, -0.2) is 35.6 Å². The van der Waals surface area contributed by atoms with Gasteiger partial charge >= 0.3 is 5.97 Å². The number of fused-ring (bicyclic) bond motifs is 2. The number of carbonyl (C=O) groups is 2. The Hall–Kier alpha value is -1.62. The second-order valence-corrected chi connectivity index (χ2v) is 7.07. The van der Waals surface area contributed by atoms with Crippen molar-refractivity contribution in [3.05, 3.63) is 24.4 Å². The van der Waals surface area contributed by atoms with Crippen molar-refractivity contribution in [2.45, 2.75) is 70.5 Å². The number of rotatable bonds is 12. The van der Waals surface area contributed by atoms with Crippen molar-refractivity contribution in [3.8, 4) is 0 Å². The van der Waals surface area contributed by atoms with E-state index in [4.69, 9.17) is 9.84 Å². The number of unbranched alkanes of at least 4 members (excludes halogenated alkanes) is 1. The summed E-state index contributed by atoms with van der Waals surface area (Å²) in [7, 11) is 0. The Morgan fingerprint density at radius 3 is 2.64 bits per heavy atom. The Morgan fingerprint density at radius 2 is 1.92 bits per heavy atom. The zero-order chi connectivity index (χ0) is 18.1. The average molecular weight is 349 g/mol. The minimum absolute atomic E-state index is 0.167. The van der Waals surface area contributed by atoms with Crippen LogP contribution in [0.5, 0.6) is 0 Å². The number of hydrogen-bond acceptors (Lipinski definition) is 4. The van der Waals surface area contributed by atoms with E-state index in [2.05, 4.69) is 17.5 Å². The maximum absolute atomic E-state index is 11.5. The van der Waals surface area contributed by atoms with E-state index in [1.807, 2.05) is 6.92 Å². The lowest BCUT2D eigenvalue weighted by Gasteiger charge is -2.27.